The number of esters is 1. The number of fused-ring (bicyclic) bond motifs is 5. The smallest absolute Gasteiger partial charge is 0.331 e. The Kier molecular flexibility index (Phi) is 4.11. The number of rotatable bonds is 2. The van der Waals surface area contributed by atoms with Gasteiger partial charge >= 0.3 is 11.9 Å². The molecule has 6 heteroatoms. The summed E-state index contributed by atoms with van der Waals surface area (Å²) in [5.74, 6) is -0.902. The number of aliphatic carboxylic acids is 1. The van der Waals surface area contributed by atoms with E-state index in [9.17, 15) is 24.9 Å². The Bertz CT molecular complexity index is 829. The fourth-order valence-corrected chi connectivity index (χ4v) is 7.82. The highest BCUT2D eigenvalue weighted by Crippen LogP contribution is 2.67. The normalized spacial score (nSPS) is 48.7. The van der Waals surface area contributed by atoms with E-state index in [1.165, 1.54) is 5.57 Å². The molecular formula is C23H30O6. The maximum Gasteiger partial charge on any atom is 0.331 e. The molecule has 1 aliphatic heterocycles. The number of carbonyl (C=O) groups excluding carboxylic acids is 1. The molecule has 0 saturated heterocycles. The van der Waals surface area contributed by atoms with Crippen LogP contribution < -0.4 is 0 Å². The van der Waals surface area contributed by atoms with Gasteiger partial charge in [-0.2, -0.15) is 0 Å². The highest BCUT2D eigenvalue weighted by atomic mass is 16.5. The topological polar surface area (TPSA) is 104 Å². The van der Waals surface area contributed by atoms with E-state index < -0.39 is 23.1 Å². The van der Waals surface area contributed by atoms with Gasteiger partial charge in [-0.3, -0.25) is 4.79 Å². The van der Waals surface area contributed by atoms with E-state index in [0.717, 1.165) is 31.3 Å². The van der Waals surface area contributed by atoms with E-state index in [0.29, 0.717) is 25.9 Å². The molecule has 3 fully saturated rings. The van der Waals surface area contributed by atoms with Crippen LogP contribution in [-0.4, -0.2) is 45.6 Å². The van der Waals surface area contributed by atoms with Crippen LogP contribution in [0.15, 0.2) is 23.3 Å². The first-order valence-corrected chi connectivity index (χ1v) is 10.9. The van der Waals surface area contributed by atoms with Crippen LogP contribution in [0.25, 0.3) is 0 Å². The average Bonchev–Trinajstić information content (AvgIpc) is 3.23. The van der Waals surface area contributed by atoms with Crippen LogP contribution in [0.2, 0.25) is 0 Å². The monoisotopic (exact) mass is 402 g/mol. The second-order valence-electron chi connectivity index (χ2n) is 10.2. The number of carbonyl (C=O) groups is 2. The van der Waals surface area contributed by atoms with Crippen molar-refractivity contribution in [2.75, 3.05) is 6.61 Å². The summed E-state index contributed by atoms with van der Waals surface area (Å²) in [5.41, 5.74) is -0.208. The van der Waals surface area contributed by atoms with Crippen LogP contribution in [0.5, 0.6) is 0 Å². The summed E-state index contributed by atoms with van der Waals surface area (Å²) < 4.78 is 5.16. The lowest BCUT2D eigenvalue weighted by Gasteiger charge is -2.61. The minimum absolute atomic E-state index is 0.0791. The first-order valence-electron chi connectivity index (χ1n) is 10.9. The minimum Gasteiger partial charge on any atom is -0.481 e. The number of ether oxygens (including phenoxy) is 1. The average molecular weight is 402 g/mol. The van der Waals surface area contributed by atoms with E-state index in [2.05, 4.69) is 13.0 Å². The molecule has 29 heavy (non-hydrogen) atoms. The maximum absolute atomic E-state index is 12.6. The number of cyclic esters (lactones) is 1. The number of aliphatic hydroxyl groups excluding tert-OH is 1. The maximum atomic E-state index is 12.6. The van der Waals surface area contributed by atoms with Gasteiger partial charge in [0.1, 0.15) is 6.61 Å². The summed E-state index contributed by atoms with van der Waals surface area (Å²) in [6.07, 6.45) is 7.86. The number of allylic oxidation sites excluding steroid dienone is 2. The molecule has 0 amide bonds. The van der Waals surface area contributed by atoms with Gasteiger partial charge in [0.2, 0.25) is 0 Å². The fourth-order valence-electron chi connectivity index (χ4n) is 7.82. The molecule has 0 aromatic rings. The lowest BCUT2D eigenvalue weighted by molar-refractivity contribution is -0.222. The van der Waals surface area contributed by atoms with Gasteiger partial charge in [-0.25, -0.2) is 4.79 Å². The lowest BCUT2D eigenvalue weighted by Crippen LogP contribution is -2.66. The van der Waals surface area contributed by atoms with Crippen molar-refractivity contribution >= 4 is 11.9 Å². The van der Waals surface area contributed by atoms with Crippen molar-refractivity contribution in [1.82, 2.24) is 0 Å². The van der Waals surface area contributed by atoms with Crippen molar-refractivity contribution in [1.29, 1.82) is 0 Å². The quantitative estimate of drug-likeness (QED) is 0.484. The Morgan fingerprint density at radius 2 is 2.00 bits per heavy atom. The van der Waals surface area contributed by atoms with E-state index in [-0.39, 0.29) is 35.6 Å². The summed E-state index contributed by atoms with van der Waals surface area (Å²) >= 11 is 0. The standard InChI is InChI=1S/C23H30O6/c1-21-7-6-18-15(17(21)3-2-16(21)13-10-19(25)29-12-13)5-8-22(28)11-14(24)4-9-23(18,22)20(26)27/h3,10,14-16,18,24,28H,2,4-9,11-12H2,1H3,(H,26,27)/t14?,15?,16-,18?,21?,22?,23?/m0/s1. The number of hydrogen-bond acceptors (Lipinski definition) is 5. The molecule has 3 N–H and O–H groups in total. The predicted molar refractivity (Wildman–Crippen MR) is 104 cm³/mol. The molecule has 0 radical (unpaired) electrons. The molecule has 1 heterocycles. The van der Waals surface area contributed by atoms with E-state index in [1.807, 2.05) is 0 Å². The van der Waals surface area contributed by atoms with Crippen LogP contribution in [0.1, 0.15) is 58.3 Å². The summed E-state index contributed by atoms with van der Waals surface area (Å²) in [6, 6.07) is 0. The van der Waals surface area contributed by atoms with Crippen molar-refractivity contribution < 1.29 is 29.6 Å². The van der Waals surface area contributed by atoms with Crippen molar-refractivity contribution in [3.63, 3.8) is 0 Å². The second-order valence-corrected chi connectivity index (χ2v) is 10.2. The Morgan fingerprint density at radius 1 is 1.21 bits per heavy atom. The van der Waals surface area contributed by atoms with E-state index >= 15 is 0 Å². The third kappa shape index (κ3) is 2.42. The zero-order valence-corrected chi connectivity index (χ0v) is 16.9. The number of hydrogen-bond donors (Lipinski definition) is 3. The Morgan fingerprint density at radius 3 is 2.69 bits per heavy atom. The van der Waals surface area contributed by atoms with Crippen LogP contribution in [0, 0.1) is 28.6 Å². The number of carboxylic acids is 1. The first-order chi connectivity index (χ1) is 13.7. The van der Waals surface area contributed by atoms with Crippen molar-refractivity contribution in [2.45, 2.75) is 70.0 Å². The van der Waals surface area contributed by atoms with Crippen LogP contribution in [0.4, 0.5) is 0 Å². The molecule has 0 spiro atoms. The molecule has 0 aromatic carbocycles. The first kappa shape index (κ1) is 19.3. The van der Waals surface area contributed by atoms with Crippen LogP contribution in [0.3, 0.4) is 0 Å². The number of carboxylic acid groups (broad SMARTS) is 1. The Hall–Kier alpha value is -1.66. The van der Waals surface area contributed by atoms with Crippen molar-refractivity contribution in [3.05, 3.63) is 23.3 Å². The molecule has 4 aliphatic carbocycles. The lowest BCUT2D eigenvalue weighted by atomic mass is 9.43. The SMILES string of the molecule is CC12CCC3C(CCC4(O)CC(O)CCC34C(=O)O)C1=CC[C@H]2C1=CC(=O)OC1. The molecule has 6 nitrogen and oxygen atoms in total. The summed E-state index contributed by atoms with van der Waals surface area (Å²) in [6.45, 7) is 2.63. The molecule has 0 bridgehead atoms. The van der Waals surface area contributed by atoms with E-state index in [1.54, 1.807) is 6.08 Å². The minimum atomic E-state index is -1.34. The Labute approximate surface area is 170 Å². The van der Waals surface area contributed by atoms with Gasteiger partial charge in [0.15, 0.2) is 0 Å². The highest BCUT2D eigenvalue weighted by Gasteiger charge is 2.68. The van der Waals surface area contributed by atoms with Crippen molar-refractivity contribution in [3.8, 4) is 0 Å². The van der Waals surface area contributed by atoms with Crippen LogP contribution in [-0.2, 0) is 14.3 Å². The van der Waals surface area contributed by atoms with Gasteiger partial charge in [0.05, 0.1) is 17.1 Å². The predicted octanol–water partition coefficient (Wildman–Crippen LogP) is 2.59. The van der Waals surface area contributed by atoms with Gasteiger partial charge in [-0.1, -0.05) is 18.6 Å². The van der Waals surface area contributed by atoms with Gasteiger partial charge in [0.25, 0.3) is 0 Å². The summed E-state index contributed by atoms with van der Waals surface area (Å²) in [4.78, 5) is 24.2. The van der Waals surface area contributed by atoms with Crippen LogP contribution >= 0.6 is 0 Å². The zero-order chi connectivity index (χ0) is 20.6. The van der Waals surface area contributed by atoms with Crippen molar-refractivity contribution in [2.24, 2.45) is 28.6 Å². The molecule has 7 atom stereocenters. The van der Waals surface area contributed by atoms with Gasteiger partial charge < -0.3 is 20.1 Å². The molecule has 0 aromatic heterocycles. The molecule has 3 saturated carbocycles. The third-order valence-electron chi connectivity index (χ3n) is 9.15. The fraction of sp³-hybridized carbons (Fsp3) is 0.739. The molecule has 6 unspecified atom stereocenters. The van der Waals surface area contributed by atoms with E-state index in [4.69, 9.17) is 4.74 Å². The Balaban J connectivity index is 1.51. The van der Waals surface area contributed by atoms with Gasteiger partial charge in [-0.05, 0) is 73.7 Å². The van der Waals surface area contributed by atoms with Gasteiger partial charge in [0, 0.05) is 12.5 Å². The molecular weight excluding hydrogens is 372 g/mol. The second kappa shape index (κ2) is 6.17. The number of aliphatic hydroxyl groups is 2. The molecule has 158 valence electrons. The molecule has 5 rings (SSSR count). The zero-order valence-electron chi connectivity index (χ0n) is 16.9. The highest BCUT2D eigenvalue weighted by molar-refractivity contribution is 5.85. The largest absolute Gasteiger partial charge is 0.481 e. The van der Waals surface area contributed by atoms with Gasteiger partial charge in [-0.15, -0.1) is 0 Å². The summed E-state index contributed by atoms with van der Waals surface area (Å²) in [7, 11) is 0. The third-order valence-corrected chi connectivity index (χ3v) is 9.15. The molecule has 5 aliphatic rings. The summed E-state index contributed by atoms with van der Waals surface area (Å²) in [5, 5.41) is 32.0.